The fraction of sp³-hybridized carbons (Fsp3) is 0.636. The van der Waals surface area contributed by atoms with Gasteiger partial charge in [-0.05, 0) is 35.1 Å². The highest BCUT2D eigenvalue weighted by Gasteiger charge is 2.23. The highest BCUT2D eigenvalue weighted by molar-refractivity contribution is 5.91. The van der Waals surface area contributed by atoms with Gasteiger partial charge in [0.25, 0.3) is 0 Å². The Labute approximate surface area is 165 Å². The maximum Gasteiger partial charge on any atom is 0.224 e. The summed E-state index contributed by atoms with van der Waals surface area (Å²) in [4.78, 5) is 28.7. The second-order valence-corrected chi connectivity index (χ2v) is 9.05. The minimum Gasteiger partial charge on any atom is -0.377 e. The zero-order chi connectivity index (χ0) is 20.8. The largest absolute Gasteiger partial charge is 0.377 e. The van der Waals surface area contributed by atoms with Gasteiger partial charge in [0.2, 0.25) is 11.8 Å². The van der Waals surface area contributed by atoms with Crippen LogP contribution in [-0.2, 0) is 16.1 Å². The van der Waals surface area contributed by atoms with Crippen LogP contribution in [0.2, 0.25) is 0 Å². The third-order valence-electron chi connectivity index (χ3n) is 4.15. The van der Waals surface area contributed by atoms with Gasteiger partial charge in [-0.2, -0.15) is 0 Å². The molecule has 1 aromatic carbocycles. The van der Waals surface area contributed by atoms with Gasteiger partial charge in [-0.25, -0.2) is 0 Å². The smallest absolute Gasteiger partial charge is 0.224 e. The molecule has 2 amide bonds. The topological polar surface area (TPSA) is 52.7 Å². The van der Waals surface area contributed by atoms with Crippen molar-refractivity contribution < 1.29 is 9.59 Å². The van der Waals surface area contributed by atoms with E-state index in [2.05, 4.69) is 39.9 Å². The minimum atomic E-state index is -0.0480. The second-order valence-electron chi connectivity index (χ2n) is 9.05. The molecule has 27 heavy (non-hydrogen) atoms. The van der Waals surface area contributed by atoms with Crippen molar-refractivity contribution in [3.63, 3.8) is 0 Å². The number of rotatable bonds is 8. The Bertz CT molecular complexity index is 645. The number of carbonyl (C=O) groups is 2. The van der Waals surface area contributed by atoms with Crippen molar-refractivity contribution >= 4 is 23.2 Å². The number of amides is 2. The van der Waals surface area contributed by atoms with Gasteiger partial charge < -0.3 is 15.1 Å². The third-order valence-corrected chi connectivity index (χ3v) is 4.15. The molecule has 0 spiro atoms. The van der Waals surface area contributed by atoms with Crippen molar-refractivity contribution in [2.24, 2.45) is 11.3 Å². The number of nitrogens with one attached hydrogen (secondary N) is 1. The van der Waals surface area contributed by atoms with Crippen molar-refractivity contribution in [3.8, 4) is 0 Å². The first kappa shape index (κ1) is 23.0. The Kier molecular flexibility index (Phi) is 8.32. The molecule has 0 aliphatic carbocycles. The van der Waals surface area contributed by atoms with Gasteiger partial charge in [0.15, 0.2) is 0 Å². The fourth-order valence-corrected chi connectivity index (χ4v) is 2.94. The van der Waals surface area contributed by atoms with E-state index < -0.39 is 0 Å². The molecule has 152 valence electrons. The molecule has 1 aromatic rings. The van der Waals surface area contributed by atoms with E-state index in [-0.39, 0.29) is 17.2 Å². The van der Waals surface area contributed by atoms with Crippen LogP contribution in [0.5, 0.6) is 0 Å². The number of hydrogen-bond acceptors (Lipinski definition) is 3. The highest BCUT2D eigenvalue weighted by Crippen LogP contribution is 2.27. The molecule has 0 atom stereocenters. The average molecular weight is 376 g/mol. The van der Waals surface area contributed by atoms with Crippen LogP contribution in [-0.4, -0.2) is 37.4 Å². The van der Waals surface area contributed by atoms with Crippen LogP contribution in [0.1, 0.15) is 59.9 Å². The molecule has 5 heteroatoms. The van der Waals surface area contributed by atoms with E-state index in [0.29, 0.717) is 31.8 Å². The molecule has 5 nitrogen and oxygen atoms in total. The molecule has 1 N–H and O–H groups in total. The summed E-state index contributed by atoms with van der Waals surface area (Å²) in [6.45, 7) is 13.6. The molecule has 0 unspecified atom stereocenters. The normalized spacial score (nSPS) is 11.4. The Morgan fingerprint density at radius 1 is 1.15 bits per heavy atom. The fourth-order valence-electron chi connectivity index (χ4n) is 2.94. The lowest BCUT2D eigenvalue weighted by atomic mass is 9.91. The SMILES string of the molecule is CCC(=O)Nc1ccc(N(C)C)c(CN(CC(C)C)C(=O)CC(C)(C)C)c1. The van der Waals surface area contributed by atoms with Gasteiger partial charge in [0.1, 0.15) is 0 Å². The van der Waals surface area contributed by atoms with Crippen LogP contribution in [0.25, 0.3) is 0 Å². The van der Waals surface area contributed by atoms with Gasteiger partial charge in [-0.3, -0.25) is 9.59 Å². The lowest BCUT2D eigenvalue weighted by Crippen LogP contribution is -2.36. The molecule has 0 heterocycles. The van der Waals surface area contributed by atoms with Gasteiger partial charge in [0, 0.05) is 51.4 Å². The predicted octanol–water partition coefficient (Wildman–Crippen LogP) is 4.52. The molecule has 1 rings (SSSR count). The maximum atomic E-state index is 12.9. The van der Waals surface area contributed by atoms with Crippen LogP contribution in [0.4, 0.5) is 11.4 Å². The molecule has 0 radical (unpaired) electrons. The Morgan fingerprint density at radius 2 is 1.78 bits per heavy atom. The van der Waals surface area contributed by atoms with Crippen molar-refractivity contribution in [1.82, 2.24) is 4.90 Å². The monoisotopic (exact) mass is 375 g/mol. The summed E-state index contributed by atoms with van der Waals surface area (Å²) in [7, 11) is 3.99. The van der Waals surface area contributed by atoms with Crippen molar-refractivity contribution in [2.75, 3.05) is 30.9 Å². The van der Waals surface area contributed by atoms with Crippen LogP contribution in [0.15, 0.2) is 18.2 Å². The summed E-state index contributed by atoms with van der Waals surface area (Å²) in [5.41, 5.74) is 2.82. The van der Waals surface area contributed by atoms with Gasteiger partial charge in [-0.15, -0.1) is 0 Å². The standard InChI is InChI=1S/C22H37N3O2/c1-9-20(26)23-18-10-11-19(24(7)8)17(12-18)15-25(14-16(2)3)21(27)13-22(4,5)6/h10-12,16H,9,13-15H2,1-8H3,(H,23,26). The molecule has 0 saturated carbocycles. The molecule has 0 fully saturated rings. The van der Waals surface area contributed by atoms with Gasteiger partial charge in [0.05, 0.1) is 0 Å². The zero-order valence-corrected chi connectivity index (χ0v) is 18.3. The van der Waals surface area contributed by atoms with E-state index in [4.69, 9.17) is 0 Å². The Hall–Kier alpha value is -2.04. The number of nitrogens with zero attached hydrogens (tertiary/aromatic N) is 2. The average Bonchev–Trinajstić information content (AvgIpc) is 2.52. The zero-order valence-electron chi connectivity index (χ0n) is 18.3. The first-order chi connectivity index (χ1) is 12.4. The lowest BCUT2D eigenvalue weighted by molar-refractivity contribution is -0.134. The third kappa shape index (κ3) is 8.02. The highest BCUT2D eigenvalue weighted by atomic mass is 16.2. The number of anilines is 2. The molecule has 0 aromatic heterocycles. The van der Waals surface area contributed by atoms with Crippen molar-refractivity contribution in [2.45, 2.75) is 60.9 Å². The van der Waals surface area contributed by atoms with Gasteiger partial charge in [-0.1, -0.05) is 41.5 Å². The Morgan fingerprint density at radius 3 is 2.26 bits per heavy atom. The van der Waals surface area contributed by atoms with E-state index in [1.54, 1.807) is 0 Å². The number of hydrogen-bond donors (Lipinski definition) is 1. The lowest BCUT2D eigenvalue weighted by Gasteiger charge is -2.30. The molecule has 0 saturated heterocycles. The van der Waals surface area contributed by atoms with E-state index >= 15 is 0 Å². The van der Waals surface area contributed by atoms with Crippen LogP contribution < -0.4 is 10.2 Å². The number of benzene rings is 1. The summed E-state index contributed by atoms with van der Waals surface area (Å²) in [6.07, 6.45) is 0.956. The summed E-state index contributed by atoms with van der Waals surface area (Å²) in [5, 5.41) is 2.92. The summed E-state index contributed by atoms with van der Waals surface area (Å²) in [5.74, 6) is 0.546. The summed E-state index contributed by atoms with van der Waals surface area (Å²) in [6, 6.07) is 5.90. The van der Waals surface area contributed by atoms with E-state index in [0.717, 1.165) is 16.9 Å². The second kappa shape index (κ2) is 9.77. The number of carbonyl (C=O) groups excluding carboxylic acids is 2. The van der Waals surface area contributed by atoms with Gasteiger partial charge >= 0.3 is 0 Å². The van der Waals surface area contributed by atoms with E-state index in [1.807, 2.05) is 49.0 Å². The maximum absolute atomic E-state index is 12.9. The van der Waals surface area contributed by atoms with Crippen molar-refractivity contribution in [1.29, 1.82) is 0 Å². The molecule has 0 bridgehead atoms. The first-order valence-electron chi connectivity index (χ1n) is 9.80. The predicted molar refractivity (Wildman–Crippen MR) is 114 cm³/mol. The molecular weight excluding hydrogens is 338 g/mol. The van der Waals surface area contributed by atoms with Crippen LogP contribution >= 0.6 is 0 Å². The molecular formula is C22H37N3O2. The first-order valence-corrected chi connectivity index (χ1v) is 9.80. The van der Waals surface area contributed by atoms with Crippen LogP contribution in [0, 0.1) is 11.3 Å². The van der Waals surface area contributed by atoms with Crippen LogP contribution in [0.3, 0.4) is 0 Å². The quantitative estimate of drug-likeness (QED) is 0.727. The summed E-state index contributed by atoms with van der Waals surface area (Å²) >= 11 is 0. The van der Waals surface area contributed by atoms with E-state index in [9.17, 15) is 9.59 Å². The molecule has 0 aliphatic rings. The van der Waals surface area contributed by atoms with Crippen molar-refractivity contribution in [3.05, 3.63) is 23.8 Å². The van der Waals surface area contributed by atoms with E-state index in [1.165, 1.54) is 0 Å². The molecule has 0 aliphatic heterocycles. The Balaban J connectivity index is 3.18. The summed E-state index contributed by atoms with van der Waals surface area (Å²) < 4.78 is 0. The minimum absolute atomic E-state index is 0.0126.